The van der Waals surface area contributed by atoms with Crippen molar-refractivity contribution < 1.29 is 24.0 Å². The molecular formula is C24H28BrN9O5. The summed E-state index contributed by atoms with van der Waals surface area (Å²) in [5, 5.41) is 14.9. The minimum atomic E-state index is -0.673. The van der Waals surface area contributed by atoms with Crippen molar-refractivity contribution in [3.63, 3.8) is 0 Å². The number of imide groups is 1. The summed E-state index contributed by atoms with van der Waals surface area (Å²) in [6.07, 6.45) is 5.26. The Labute approximate surface area is 231 Å². The molecule has 0 aliphatic rings. The lowest BCUT2D eigenvalue weighted by molar-refractivity contribution is -0.115. The third-order valence-corrected chi connectivity index (χ3v) is 6.15. The van der Waals surface area contributed by atoms with E-state index in [4.69, 9.17) is 11.1 Å². The van der Waals surface area contributed by atoms with Crippen LogP contribution < -0.4 is 26.6 Å². The molecule has 0 bridgehead atoms. The SMILES string of the molecule is Cn1cc(N(C(=O)CBr)C(=O)c2cc(NC(=O)c3cc(NC=O)cn3C)cn2C)cc1C(=O)NCCC(=N)N. The van der Waals surface area contributed by atoms with E-state index in [2.05, 4.69) is 31.9 Å². The van der Waals surface area contributed by atoms with Crippen LogP contribution in [0, 0.1) is 5.41 Å². The lowest BCUT2D eigenvalue weighted by Crippen LogP contribution is -2.38. The van der Waals surface area contributed by atoms with Crippen molar-refractivity contribution in [3.8, 4) is 0 Å². The van der Waals surface area contributed by atoms with Gasteiger partial charge in [-0.2, -0.15) is 0 Å². The Morgan fingerprint density at radius 2 is 1.54 bits per heavy atom. The number of hydrogen-bond donors (Lipinski definition) is 5. The standard InChI is InChI=1S/C24H28BrN9O5/c1-31-10-14(29-13-35)6-17(31)23(38)30-15-7-19(32(2)11-15)24(39)34(21(36)9-25)16-8-18(33(3)12-16)22(37)28-5-4-20(26)27/h6-8,10-13H,4-5,9H2,1-3H3,(H3,26,27)(H,28,37)(H,29,35)(H,30,38). The van der Waals surface area contributed by atoms with E-state index in [1.165, 1.54) is 44.3 Å². The zero-order valence-corrected chi connectivity index (χ0v) is 23.0. The molecule has 0 radical (unpaired) electrons. The predicted molar refractivity (Wildman–Crippen MR) is 148 cm³/mol. The van der Waals surface area contributed by atoms with Gasteiger partial charge in [0.2, 0.25) is 12.3 Å². The van der Waals surface area contributed by atoms with Gasteiger partial charge in [0, 0.05) is 52.7 Å². The Bertz CT molecular complexity index is 1450. The lowest BCUT2D eigenvalue weighted by Gasteiger charge is -2.18. The molecule has 14 nitrogen and oxygen atoms in total. The number of anilines is 3. The van der Waals surface area contributed by atoms with Gasteiger partial charge >= 0.3 is 0 Å². The molecular weight excluding hydrogens is 574 g/mol. The number of carbonyl (C=O) groups is 5. The molecule has 3 rings (SSSR count). The van der Waals surface area contributed by atoms with Gasteiger partial charge in [-0.05, 0) is 18.2 Å². The molecule has 0 aliphatic carbocycles. The van der Waals surface area contributed by atoms with E-state index in [0.29, 0.717) is 17.8 Å². The Morgan fingerprint density at radius 3 is 2.18 bits per heavy atom. The Balaban J connectivity index is 1.85. The Morgan fingerprint density at radius 1 is 0.949 bits per heavy atom. The highest BCUT2D eigenvalue weighted by molar-refractivity contribution is 9.09. The zero-order valence-electron chi connectivity index (χ0n) is 21.4. The number of rotatable bonds is 11. The Kier molecular flexibility index (Phi) is 9.08. The first kappa shape index (κ1) is 28.9. The summed E-state index contributed by atoms with van der Waals surface area (Å²) < 4.78 is 4.48. The van der Waals surface area contributed by atoms with E-state index in [1.807, 2.05) is 0 Å². The van der Waals surface area contributed by atoms with Gasteiger partial charge in [-0.15, -0.1) is 0 Å². The largest absolute Gasteiger partial charge is 0.388 e. The fraction of sp³-hybridized carbons (Fsp3) is 0.250. The van der Waals surface area contributed by atoms with Gasteiger partial charge in [-0.1, -0.05) is 15.9 Å². The molecule has 5 amide bonds. The number of nitrogens with two attached hydrogens (primary N) is 1. The quantitative estimate of drug-likeness (QED) is 0.0947. The van der Waals surface area contributed by atoms with Gasteiger partial charge in [-0.25, -0.2) is 4.90 Å². The summed E-state index contributed by atoms with van der Waals surface area (Å²) in [4.78, 5) is 63.4. The minimum Gasteiger partial charge on any atom is -0.388 e. The monoisotopic (exact) mass is 601 g/mol. The first-order valence-electron chi connectivity index (χ1n) is 11.5. The molecule has 3 aromatic heterocycles. The lowest BCUT2D eigenvalue weighted by atomic mass is 10.3. The van der Waals surface area contributed by atoms with Gasteiger partial charge in [0.25, 0.3) is 17.7 Å². The molecule has 6 N–H and O–H groups in total. The number of amidine groups is 1. The van der Waals surface area contributed by atoms with Crippen molar-refractivity contribution in [3.05, 3.63) is 53.9 Å². The fourth-order valence-electron chi connectivity index (χ4n) is 3.82. The highest BCUT2D eigenvalue weighted by Gasteiger charge is 2.29. The van der Waals surface area contributed by atoms with Crippen molar-refractivity contribution in [2.75, 3.05) is 27.4 Å². The smallest absolute Gasteiger partial charge is 0.281 e. The highest BCUT2D eigenvalue weighted by Crippen LogP contribution is 2.24. The van der Waals surface area contributed by atoms with E-state index < -0.39 is 23.6 Å². The van der Waals surface area contributed by atoms with E-state index >= 15 is 0 Å². The van der Waals surface area contributed by atoms with E-state index in [0.717, 1.165) is 4.90 Å². The molecule has 3 aromatic rings. The average Bonchev–Trinajstić information content (AvgIpc) is 3.55. The van der Waals surface area contributed by atoms with Gasteiger partial charge in [-0.3, -0.25) is 29.4 Å². The second kappa shape index (κ2) is 12.3. The number of nitrogens with zero attached hydrogens (tertiary/aromatic N) is 4. The van der Waals surface area contributed by atoms with Crippen LogP contribution in [-0.4, -0.2) is 61.5 Å². The zero-order chi connectivity index (χ0) is 28.9. The molecule has 0 aromatic carbocycles. The van der Waals surface area contributed by atoms with Crippen molar-refractivity contribution in [1.82, 2.24) is 19.0 Å². The minimum absolute atomic E-state index is 0.0657. The number of alkyl halides is 1. The van der Waals surface area contributed by atoms with Crippen molar-refractivity contribution >= 4 is 68.9 Å². The average molecular weight is 602 g/mol. The maximum Gasteiger partial charge on any atom is 0.281 e. The van der Waals surface area contributed by atoms with Crippen LogP contribution in [0.25, 0.3) is 0 Å². The molecule has 0 saturated heterocycles. The number of amides is 5. The fourth-order valence-corrected chi connectivity index (χ4v) is 4.07. The molecule has 0 spiro atoms. The van der Waals surface area contributed by atoms with Crippen LogP contribution in [-0.2, 0) is 30.7 Å². The number of aromatic nitrogens is 3. The first-order chi connectivity index (χ1) is 18.5. The van der Waals surface area contributed by atoms with Crippen molar-refractivity contribution in [2.45, 2.75) is 6.42 Å². The maximum absolute atomic E-state index is 13.6. The molecule has 3 heterocycles. The number of halogens is 1. The highest BCUT2D eigenvalue weighted by atomic mass is 79.9. The van der Waals surface area contributed by atoms with Gasteiger partial charge in [0.15, 0.2) is 0 Å². The van der Waals surface area contributed by atoms with E-state index in [9.17, 15) is 24.0 Å². The van der Waals surface area contributed by atoms with Crippen molar-refractivity contribution in [2.24, 2.45) is 26.9 Å². The van der Waals surface area contributed by atoms with Gasteiger partial charge in [0.05, 0.1) is 28.2 Å². The summed E-state index contributed by atoms with van der Waals surface area (Å²) in [6.45, 7) is 0.160. The number of hydrogen-bond acceptors (Lipinski definition) is 6. The summed E-state index contributed by atoms with van der Waals surface area (Å²) in [5.74, 6) is -2.24. The van der Waals surface area contributed by atoms with E-state index in [-0.39, 0.29) is 46.9 Å². The maximum atomic E-state index is 13.6. The number of aryl methyl sites for hydroxylation is 3. The van der Waals surface area contributed by atoms with Gasteiger partial charge in [0.1, 0.15) is 17.1 Å². The summed E-state index contributed by atoms with van der Waals surface area (Å²) in [7, 11) is 4.83. The molecule has 206 valence electrons. The molecule has 0 fully saturated rings. The molecule has 15 heteroatoms. The molecule has 0 saturated carbocycles. The van der Waals surface area contributed by atoms with Gasteiger partial charge < -0.3 is 35.4 Å². The van der Waals surface area contributed by atoms with Crippen LogP contribution in [0.5, 0.6) is 0 Å². The number of carbonyl (C=O) groups excluding carboxylic acids is 5. The van der Waals surface area contributed by atoms with Crippen molar-refractivity contribution in [1.29, 1.82) is 5.41 Å². The topological polar surface area (TPSA) is 189 Å². The second-order valence-electron chi connectivity index (χ2n) is 8.56. The summed E-state index contributed by atoms with van der Waals surface area (Å²) >= 11 is 3.10. The number of nitrogens with one attached hydrogen (secondary N) is 4. The Hall–Kier alpha value is -4.66. The van der Waals surface area contributed by atoms with E-state index in [1.54, 1.807) is 27.3 Å². The second-order valence-corrected chi connectivity index (χ2v) is 9.12. The molecule has 39 heavy (non-hydrogen) atoms. The molecule has 0 aliphatic heterocycles. The van der Waals surface area contributed by atoms with Crippen LogP contribution in [0.15, 0.2) is 36.8 Å². The normalized spacial score (nSPS) is 10.6. The summed E-state index contributed by atoms with van der Waals surface area (Å²) in [6, 6.07) is 4.34. The first-order valence-corrected chi connectivity index (χ1v) is 12.6. The van der Waals surface area contributed by atoms with Crippen LogP contribution in [0.2, 0.25) is 0 Å². The molecule has 0 atom stereocenters. The third kappa shape index (κ3) is 6.62. The van der Waals surface area contributed by atoms with Crippen LogP contribution in [0.4, 0.5) is 17.1 Å². The van der Waals surface area contributed by atoms with Crippen LogP contribution >= 0.6 is 15.9 Å². The predicted octanol–water partition coefficient (Wildman–Crippen LogP) is 1.15. The third-order valence-electron chi connectivity index (χ3n) is 5.67. The van der Waals surface area contributed by atoms with Crippen LogP contribution in [0.1, 0.15) is 37.9 Å². The molecule has 0 unspecified atom stereocenters. The summed E-state index contributed by atoms with van der Waals surface area (Å²) in [5.41, 5.74) is 6.81. The van der Waals surface area contributed by atoms with Crippen LogP contribution in [0.3, 0.4) is 0 Å².